The fourth-order valence-corrected chi connectivity index (χ4v) is 2.70. The maximum absolute atomic E-state index is 12.1. The van der Waals surface area contributed by atoms with Crippen molar-refractivity contribution in [1.82, 2.24) is 5.32 Å². The largest absolute Gasteiger partial charge is 0.478 e. The van der Waals surface area contributed by atoms with Crippen LogP contribution in [0.2, 0.25) is 0 Å². The molecule has 0 aromatic heterocycles. The number of carbonyl (C=O) groups excluding carboxylic acids is 2. The summed E-state index contributed by atoms with van der Waals surface area (Å²) in [6.45, 7) is 4.36. The Kier molecular flexibility index (Phi) is 7.75. The van der Waals surface area contributed by atoms with Gasteiger partial charge in [-0.25, -0.2) is 4.79 Å². The molecule has 148 valence electrons. The minimum atomic E-state index is -0.966. The maximum atomic E-state index is 12.1. The monoisotopic (exact) mass is 382 g/mol. The summed E-state index contributed by atoms with van der Waals surface area (Å²) in [4.78, 5) is 34.8. The molecule has 0 bridgehead atoms. The summed E-state index contributed by atoms with van der Waals surface area (Å²) >= 11 is 0. The van der Waals surface area contributed by atoms with Crippen LogP contribution in [0.5, 0.6) is 0 Å². The van der Waals surface area contributed by atoms with Crippen molar-refractivity contribution in [3.63, 3.8) is 0 Å². The number of carbonyl (C=O) groups is 3. The normalized spacial score (nSPS) is 10.5. The van der Waals surface area contributed by atoms with Crippen LogP contribution in [0.4, 0.5) is 5.69 Å². The van der Waals surface area contributed by atoms with E-state index in [2.05, 4.69) is 10.6 Å². The molecule has 2 aromatic rings. The molecule has 0 fully saturated rings. The Morgan fingerprint density at radius 3 is 2.32 bits per heavy atom. The van der Waals surface area contributed by atoms with Gasteiger partial charge in [-0.3, -0.25) is 9.59 Å². The molecule has 0 heterocycles. The van der Waals surface area contributed by atoms with Crippen LogP contribution in [-0.2, 0) is 22.6 Å². The molecule has 0 saturated heterocycles. The number of carboxylic acid groups (broad SMARTS) is 1. The molecule has 6 nitrogen and oxygen atoms in total. The zero-order valence-electron chi connectivity index (χ0n) is 16.2. The number of aromatic carboxylic acids is 1. The second kappa shape index (κ2) is 10.3. The molecule has 0 aliphatic rings. The van der Waals surface area contributed by atoms with E-state index in [0.717, 1.165) is 16.8 Å². The van der Waals surface area contributed by atoms with Gasteiger partial charge in [-0.05, 0) is 47.7 Å². The molecular formula is C22H26N2O4. The smallest absolute Gasteiger partial charge is 0.335 e. The van der Waals surface area contributed by atoms with Gasteiger partial charge in [-0.2, -0.15) is 0 Å². The van der Waals surface area contributed by atoms with Crippen molar-refractivity contribution < 1.29 is 19.5 Å². The maximum Gasteiger partial charge on any atom is 0.335 e. The number of benzene rings is 2. The highest BCUT2D eigenvalue weighted by atomic mass is 16.4. The zero-order valence-corrected chi connectivity index (χ0v) is 16.2. The predicted molar refractivity (Wildman–Crippen MR) is 108 cm³/mol. The topological polar surface area (TPSA) is 95.5 Å². The summed E-state index contributed by atoms with van der Waals surface area (Å²) in [6.07, 6.45) is 1.32. The molecule has 0 unspecified atom stereocenters. The predicted octanol–water partition coefficient (Wildman–Crippen LogP) is 3.62. The van der Waals surface area contributed by atoms with E-state index in [9.17, 15) is 14.4 Å². The molecule has 0 aliphatic carbocycles. The summed E-state index contributed by atoms with van der Waals surface area (Å²) < 4.78 is 0. The summed E-state index contributed by atoms with van der Waals surface area (Å²) in [5.41, 5.74) is 2.76. The third-order valence-corrected chi connectivity index (χ3v) is 4.14. The van der Waals surface area contributed by atoms with Crippen LogP contribution < -0.4 is 10.6 Å². The number of aryl methyl sites for hydroxylation is 1. The Balaban J connectivity index is 1.79. The fourth-order valence-electron chi connectivity index (χ4n) is 2.70. The van der Waals surface area contributed by atoms with Gasteiger partial charge in [0, 0.05) is 25.1 Å². The van der Waals surface area contributed by atoms with Crippen LogP contribution in [0.15, 0.2) is 48.5 Å². The number of anilines is 1. The van der Waals surface area contributed by atoms with Crippen LogP contribution in [-0.4, -0.2) is 22.9 Å². The minimum Gasteiger partial charge on any atom is -0.478 e. The molecule has 28 heavy (non-hydrogen) atoms. The second-order valence-corrected chi connectivity index (χ2v) is 7.13. The first kappa shape index (κ1) is 21.2. The molecule has 2 aromatic carbocycles. The van der Waals surface area contributed by atoms with Gasteiger partial charge in [0.1, 0.15) is 0 Å². The first-order valence-corrected chi connectivity index (χ1v) is 9.31. The molecule has 2 amide bonds. The van der Waals surface area contributed by atoms with Gasteiger partial charge < -0.3 is 15.7 Å². The van der Waals surface area contributed by atoms with Crippen molar-refractivity contribution in [2.75, 3.05) is 5.32 Å². The quantitative estimate of drug-likeness (QED) is 0.617. The van der Waals surface area contributed by atoms with Crippen molar-refractivity contribution in [1.29, 1.82) is 0 Å². The zero-order chi connectivity index (χ0) is 20.5. The third kappa shape index (κ3) is 7.23. The summed E-state index contributed by atoms with van der Waals surface area (Å²) in [6, 6.07) is 13.9. The Morgan fingerprint density at radius 2 is 1.68 bits per heavy atom. The molecule has 3 N–H and O–H groups in total. The molecule has 2 rings (SSSR count). The molecule has 6 heteroatoms. The van der Waals surface area contributed by atoms with Gasteiger partial charge in [0.25, 0.3) is 0 Å². The highest BCUT2D eigenvalue weighted by Crippen LogP contribution is 2.12. The molecular weight excluding hydrogens is 356 g/mol. The number of amides is 2. The number of carboxylic acids is 1. The van der Waals surface area contributed by atoms with Gasteiger partial charge in [0.15, 0.2) is 0 Å². The third-order valence-electron chi connectivity index (χ3n) is 4.14. The van der Waals surface area contributed by atoms with Crippen molar-refractivity contribution in [3.8, 4) is 0 Å². The molecule has 0 atom stereocenters. The summed E-state index contributed by atoms with van der Waals surface area (Å²) in [7, 11) is 0. The lowest BCUT2D eigenvalue weighted by molar-refractivity contribution is -0.121. The van der Waals surface area contributed by atoms with Crippen LogP contribution in [0.25, 0.3) is 0 Å². The molecule has 0 radical (unpaired) electrons. The van der Waals surface area contributed by atoms with Gasteiger partial charge in [0.2, 0.25) is 11.8 Å². The highest BCUT2D eigenvalue weighted by molar-refractivity contribution is 5.91. The Morgan fingerprint density at radius 1 is 0.964 bits per heavy atom. The lowest BCUT2D eigenvalue weighted by atomic mass is 10.1. The highest BCUT2D eigenvalue weighted by Gasteiger charge is 2.07. The number of nitrogens with one attached hydrogen (secondary N) is 2. The van der Waals surface area contributed by atoms with E-state index >= 15 is 0 Å². The first-order valence-electron chi connectivity index (χ1n) is 9.31. The summed E-state index contributed by atoms with van der Waals surface area (Å²) in [5, 5.41) is 14.6. The Labute approximate surface area is 165 Å². The number of hydrogen-bond donors (Lipinski definition) is 3. The minimum absolute atomic E-state index is 0.0231. The van der Waals surface area contributed by atoms with Crippen LogP contribution in [0.1, 0.15) is 48.2 Å². The molecule has 0 spiro atoms. The van der Waals surface area contributed by atoms with Gasteiger partial charge in [-0.1, -0.05) is 38.1 Å². The van der Waals surface area contributed by atoms with E-state index in [4.69, 9.17) is 5.11 Å². The standard InChI is InChI=1S/C22H26N2O4/c1-15(2)12-21(26)24-19-5-3-4-17(13-19)14-23-20(25)11-8-16-6-9-18(10-7-16)22(27)28/h3-7,9-10,13,15H,8,11-12,14H2,1-2H3,(H,23,25)(H,24,26)(H,27,28). The van der Waals surface area contributed by atoms with E-state index in [1.165, 1.54) is 12.1 Å². The van der Waals surface area contributed by atoms with Crippen LogP contribution in [0, 0.1) is 5.92 Å². The van der Waals surface area contributed by atoms with Crippen LogP contribution in [0.3, 0.4) is 0 Å². The lowest BCUT2D eigenvalue weighted by Gasteiger charge is -2.10. The lowest BCUT2D eigenvalue weighted by Crippen LogP contribution is -2.23. The second-order valence-electron chi connectivity index (χ2n) is 7.13. The Bertz CT molecular complexity index is 829. The van der Waals surface area contributed by atoms with Gasteiger partial charge >= 0.3 is 5.97 Å². The van der Waals surface area contributed by atoms with Crippen LogP contribution >= 0.6 is 0 Å². The van der Waals surface area contributed by atoms with E-state index in [0.29, 0.717) is 31.7 Å². The van der Waals surface area contributed by atoms with Crippen molar-refractivity contribution in [2.24, 2.45) is 5.92 Å². The fraction of sp³-hybridized carbons (Fsp3) is 0.318. The average Bonchev–Trinajstić information content (AvgIpc) is 2.64. The molecule has 0 aliphatic heterocycles. The van der Waals surface area contributed by atoms with E-state index in [-0.39, 0.29) is 17.4 Å². The van der Waals surface area contributed by atoms with Gasteiger partial charge in [0.05, 0.1) is 5.56 Å². The molecule has 0 saturated carbocycles. The van der Waals surface area contributed by atoms with E-state index in [1.54, 1.807) is 12.1 Å². The summed E-state index contributed by atoms with van der Waals surface area (Å²) in [5.74, 6) is -0.781. The van der Waals surface area contributed by atoms with Crippen molar-refractivity contribution in [3.05, 3.63) is 65.2 Å². The van der Waals surface area contributed by atoms with E-state index < -0.39 is 5.97 Å². The Hall–Kier alpha value is -3.15. The SMILES string of the molecule is CC(C)CC(=O)Nc1cccc(CNC(=O)CCc2ccc(C(=O)O)cc2)c1. The van der Waals surface area contributed by atoms with Crippen molar-refractivity contribution in [2.45, 2.75) is 39.7 Å². The first-order chi connectivity index (χ1) is 13.3. The van der Waals surface area contributed by atoms with Gasteiger partial charge in [-0.15, -0.1) is 0 Å². The number of rotatable bonds is 9. The average molecular weight is 382 g/mol. The van der Waals surface area contributed by atoms with E-state index in [1.807, 2.05) is 38.1 Å². The van der Waals surface area contributed by atoms with Crippen molar-refractivity contribution >= 4 is 23.5 Å². The number of hydrogen-bond acceptors (Lipinski definition) is 3.